The molecule has 2 aromatic heterocycles. The molecule has 1 saturated heterocycles. The number of nitrogens with zero attached hydrogens (tertiary/aromatic N) is 7. The molecule has 0 radical (unpaired) electrons. The van der Waals surface area contributed by atoms with Gasteiger partial charge in [-0.1, -0.05) is 0 Å². The minimum absolute atomic E-state index is 0.125. The van der Waals surface area contributed by atoms with Crippen LogP contribution in [0.3, 0.4) is 0 Å². The number of aromatic nitrogens is 4. The van der Waals surface area contributed by atoms with Crippen molar-refractivity contribution in [3.8, 4) is 0 Å². The third kappa shape index (κ3) is 3.65. The molecule has 1 fully saturated rings. The lowest BCUT2D eigenvalue weighted by Crippen LogP contribution is -2.31. The van der Waals surface area contributed by atoms with Crippen molar-refractivity contribution in [1.29, 1.82) is 0 Å². The van der Waals surface area contributed by atoms with E-state index in [1.165, 1.54) is 5.56 Å². The Morgan fingerprint density at radius 2 is 2.08 bits per heavy atom. The number of nitro groups is 1. The van der Waals surface area contributed by atoms with Crippen LogP contribution in [-0.2, 0) is 20.1 Å². The van der Waals surface area contributed by atoms with Gasteiger partial charge in [0.05, 0.1) is 11.1 Å². The second-order valence-corrected chi connectivity index (χ2v) is 6.46. The van der Waals surface area contributed by atoms with Gasteiger partial charge in [0.1, 0.15) is 5.69 Å². The first-order valence-electron chi connectivity index (χ1n) is 8.66. The molecule has 0 unspecified atom stereocenters. The van der Waals surface area contributed by atoms with E-state index < -0.39 is 0 Å². The van der Waals surface area contributed by atoms with Gasteiger partial charge in [0.25, 0.3) is 0 Å². The third-order valence-electron chi connectivity index (χ3n) is 4.65. The molecule has 1 aliphatic heterocycles. The minimum atomic E-state index is -0.320. The van der Waals surface area contributed by atoms with Crippen molar-refractivity contribution < 1.29 is 4.92 Å². The molecule has 0 N–H and O–H groups in total. The minimum Gasteiger partial charge on any atom is -0.350 e. The summed E-state index contributed by atoms with van der Waals surface area (Å²) < 4.78 is 3.57. The molecular weight excluding hydrogens is 322 g/mol. The van der Waals surface area contributed by atoms with Crippen LogP contribution in [0, 0.1) is 17.0 Å². The molecular formula is C16H25N7O2. The summed E-state index contributed by atoms with van der Waals surface area (Å²) in [6, 6.07) is 0. The van der Waals surface area contributed by atoms with Crippen LogP contribution >= 0.6 is 0 Å². The van der Waals surface area contributed by atoms with Gasteiger partial charge in [-0.25, -0.2) is 4.68 Å². The summed E-state index contributed by atoms with van der Waals surface area (Å²) in [6.45, 7) is 8.88. The van der Waals surface area contributed by atoms with E-state index in [9.17, 15) is 10.1 Å². The summed E-state index contributed by atoms with van der Waals surface area (Å²) in [5, 5.41) is 20.0. The van der Waals surface area contributed by atoms with Crippen LogP contribution in [0.2, 0.25) is 0 Å². The number of hydrogen-bond donors (Lipinski definition) is 0. The standard InChI is InChI=1S/C16H25N7O2/c1-4-22-12-14(10-17-22)11-20-6-5-7-21(9-8-20)16-15(23(24)25)13(2)18-19(16)3/h10,12H,4-9,11H2,1-3H3. The van der Waals surface area contributed by atoms with Gasteiger partial charge in [-0.3, -0.25) is 19.7 Å². The van der Waals surface area contributed by atoms with Crippen LogP contribution < -0.4 is 4.90 Å². The maximum Gasteiger partial charge on any atom is 0.333 e. The number of rotatable bonds is 5. The molecule has 0 amide bonds. The molecule has 136 valence electrons. The molecule has 0 spiro atoms. The molecule has 9 heteroatoms. The SMILES string of the molecule is CCn1cc(CN2CCCN(c3c([N+](=O)[O-])c(C)nn3C)CC2)cn1. The molecule has 0 aliphatic carbocycles. The maximum atomic E-state index is 11.4. The Hall–Kier alpha value is -2.42. The van der Waals surface area contributed by atoms with Gasteiger partial charge in [0, 0.05) is 58.1 Å². The highest BCUT2D eigenvalue weighted by molar-refractivity contribution is 5.61. The molecule has 0 bridgehead atoms. The second kappa shape index (κ2) is 7.22. The average Bonchev–Trinajstić information content (AvgIpc) is 3.05. The van der Waals surface area contributed by atoms with Crippen molar-refractivity contribution in [2.75, 3.05) is 31.1 Å². The topological polar surface area (TPSA) is 85.3 Å². The Balaban J connectivity index is 1.71. The zero-order valence-corrected chi connectivity index (χ0v) is 15.1. The van der Waals surface area contributed by atoms with E-state index in [4.69, 9.17) is 0 Å². The lowest BCUT2D eigenvalue weighted by Gasteiger charge is -2.22. The summed E-state index contributed by atoms with van der Waals surface area (Å²) in [5.41, 5.74) is 1.80. The van der Waals surface area contributed by atoms with E-state index in [2.05, 4.69) is 33.1 Å². The molecule has 0 saturated carbocycles. The smallest absolute Gasteiger partial charge is 0.333 e. The fourth-order valence-corrected chi connectivity index (χ4v) is 3.46. The van der Waals surface area contributed by atoms with Gasteiger partial charge in [-0.05, 0) is 20.3 Å². The fraction of sp³-hybridized carbons (Fsp3) is 0.625. The van der Waals surface area contributed by atoms with E-state index in [0.717, 1.165) is 45.7 Å². The molecule has 3 heterocycles. The van der Waals surface area contributed by atoms with Crippen molar-refractivity contribution >= 4 is 11.5 Å². The lowest BCUT2D eigenvalue weighted by molar-refractivity contribution is -0.384. The Kier molecular flexibility index (Phi) is 5.03. The summed E-state index contributed by atoms with van der Waals surface area (Å²) >= 11 is 0. The summed E-state index contributed by atoms with van der Waals surface area (Å²) in [7, 11) is 1.77. The average molecular weight is 347 g/mol. The number of anilines is 1. The normalized spacial score (nSPS) is 16.2. The first-order valence-corrected chi connectivity index (χ1v) is 8.66. The van der Waals surface area contributed by atoms with Crippen LogP contribution in [0.5, 0.6) is 0 Å². The van der Waals surface area contributed by atoms with E-state index in [0.29, 0.717) is 11.5 Å². The third-order valence-corrected chi connectivity index (χ3v) is 4.65. The Labute approximate surface area is 147 Å². The van der Waals surface area contributed by atoms with Gasteiger partial charge in [0.15, 0.2) is 0 Å². The second-order valence-electron chi connectivity index (χ2n) is 6.46. The van der Waals surface area contributed by atoms with Crippen LogP contribution in [0.25, 0.3) is 0 Å². The number of aryl methyl sites for hydroxylation is 3. The molecule has 2 aromatic rings. The first-order chi connectivity index (χ1) is 12.0. The van der Waals surface area contributed by atoms with Crippen LogP contribution in [-0.4, -0.2) is 55.6 Å². The van der Waals surface area contributed by atoms with Crippen LogP contribution in [0.1, 0.15) is 24.6 Å². The predicted octanol–water partition coefficient (Wildman–Crippen LogP) is 1.57. The molecule has 1 aliphatic rings. The van der Waals surface area contributed by atoms with Crippen molar-refractivity contribution in [2.45, 2.75) is 33.4 Å². The van der Waals surface area contributed by atoms with Crippen molar-refractivity contribution in [2.24, 2.45) is 7.05 Å². The van der Waals surface area contributed by atoms with E-state index in [1.807, 2.05) is 10.9 Å². The highest BCUT2D eigenvalue weighted by Gasteiger charge is 2.29. The Morgan fingerprint density at radius 3 is 2.76 bits per heavy atom. The Bertz CT molecular complexity index is 752. The summed E-state index contributed by atoms with van der Waals surface area (Å²) in [6.07, 6.45) is 4.96. The fourth-order valence-electron chi connectivity index (χ4n) is 3.46. The van der Waals surface area contributed by atoms with Crippen molar-refractivity contribution in [3.63, 3.8) is 0 Å². The van der Waals surface area contributed by atoms with Crippen molar-refractivity contribution in [3.05, 3.63) is 33.8 Å². The maximum absolute atomic E-state index is 11.4. The van der Waals surface area contributed by atoms with Crippen molar-refractivity contribution in [1.82, 2.24) is 24.5 Å². The molecule has 3 rings (SSSR count). The zero-order valence-electron chi connectivity index (χ0n) is 15.1. The Morgan fingerprint density at radius 1 is 1.28 bits per heavy atom. The summed E-state index contributed by atoms with van der Waals surface area (Å²) in [4.78, 5) is 15.6. The van der Waals surface area contributed by atoms with Gasteiger partial charge >= 0.3 is 5.69 Å². The van der Waals surface area contributed by atoms with E-state index >= 15 is 0 Å². The molecule has 9 nitrogen and oxygen atoms in total. The van der Waals surface area contributed by atoms with Gasteiger partial charge in [-0.15, -0.1) is 0 Å². The zero-order chi connectivity index (χ0) is 18.0. The van der Waals surface area contributed by atoms with E-state index in [-0.39, 0.29) is 10.6 Å². The highest BCUT2D eigenvalue weighted by Crippen LogP contribution is 2.31. The van der Waals surface area contributed by atoms with Crippen LogP contribution in [0.15, 0.2) is 12.4 Å². The molecule has 0 atom stereocenters. The lowest BCUT2D eigenvalue weighted by atomic mass is 10.3. The van der Waals surface area contributed by atoms with Gasteiger partial charge in [0.2, 0.25) is 5.82 Å². The van der Waals surface area contributed by atoms with Gasteiger partial charge < -0.3 is 4.90 Å². The van der Waals surface area contributed by atoms with E-state index in [1.54, 1.807) is 18.7 Å². The largest absolute Gasteiger partial charge is 0.350 e. The number of hydrogen-bond acceptors (Lipinski definition) is 6. The monoisotopic (exact) mass is 347 g/mol. The quantitative estimate of drug-likeness (QED) is 0.603. The van der Waals surface area contributed by atoms with Gasteiger partial charge in [-0.2, -0.15) is 10.2 Å². The van der Waals surface area contributed by atoms with Crippen LogP contribution in [0.4, 0.5) is 11.5 Å². The molecule has 0 aromatic carbocycles. The highest BCUT2D eigenvalue weighted by atomic mass is 16.6. The predicted molar refractivity (Wildman–Crippen MR) is 94.6 cm³/mol. The first kappa shape index (κ1) is 17.4. The molecule has 25 heavy (non-hydrogen) atoms. The summed E-state index contributed by atoms with van der Waals surface area (Å²) in [5.74, 6) is 0.614.